The van der Waals surface area contributed by atoms with Crippen LogP contribution in [-0.4, -0.2) is 31.1 Å². The van der Waals surface area contributed by atoms with E-state index in [0.717, 1.165) is 6.20 Å². The van der Waals surface area contributed by atoms with E-state index in [1.54, 1.807) is 6.92 Å². The standard InChI is InChI=1S/C9H14F3N3O2S/c1-2-7-13-6-8(15-7)18(16,17)14-5-3-4-9(10,11)12/h6,14H,2-5H2,1H3,(H,13,15). The Kier molecular flexibility index (Phi) is 4.74. The summed E-state index contributed by atoms with van der Waals surface area (Å²) in [4.78, 5) is 6.39. The molecule has 0 aliphatic carbocycles. The van der Waals surface area contributed by atoms with Crippen molar-refractivity contribution in [3.63, 3.8) is 0 Å². The lowest BCUT2D eigenvalue weighted by atomic mass is 10.3. The Morgan fingerprint density at radius 2 is 2.11 bits per heavy atom. The number of H-pyrrole nitrogens is 1. The van der Waals surface area contributed by atoms with Gasteiger partial charge in [0.25, 0.3) is 10.0 Å². The topological polar surface area (TPSA) is 74.8 Å². The lowest BCUT2D eigenvalue weighted by Gasteiger charge is -2.07. The molecule has 0 saturated heterocycles. The minimum atomic E-state index is -4.27. The van der Waals surface area contributed by atoms with Crippen molar-refractivity contribution >= 4 is 10.0 Å². The van der Waals surface area contributed by atoms with Crippen molar-refractivity contribution < 1.29 is 21.6 Å². The second-order valence-electron chi connectivity index (χ2n) is 3.66. The van der Waals surface area contributed by atoms with Crippen LogP contribution in [0.15, 0.2) is 11.2 Å². The molecule has 2 N–H and O–H groups in total. The van der Waals surface area contributed by atoms with E-state index in [4.69, 9.17) is 0 Å². The number of sulfonamides is 1. The summed E-state index contributed by atoms with van der Waals surface area (Å²) < 4.78 is 60.9. The molecule has 9 heteroatoms. The highest BCUT2D eigenvalue weighted by molar-refractivity contribution is 7.89. The molecular formula is C9H14F3N3O2S. The van der Waals surface area contributed by atoms with Crippen LogP contribution < -0.4 is 4.72 Å². The molecule has 0 bridgehead atoms. The molecule has 0 aliphatic heterocycles. The van der Waals surface area contributed by atoms with Gasteiger partial charge in [-0.25, -0.2) is 18.1 Å². The second kappa shape index (κ2) is 5.70. The maximum atomic E-state index is 11.9. The van der Waals surface area contributed by atoms with Crippen molar-refractivity contribution in [2.24, 2.45) is 0 Å². The average Bonchev–Trinajstić information content (AvgIpc) is 2.72. The highest BCUT2D eigenvalue weighted by Crippen LogP contribution is 2.20. The van der Waals surface area contributed by atoms with Gasteiger partial charge in [0.2, 0.25) is 0 Å². The summed E-state index contributed by atoms with van der Waals surface area (Å²) in [6, 6.07) is 0. The number of aryl methyl sites for hydroxylation is 1. The Morgan fingerprint density at radius 1 is 1.44 bits per heavy atom. The molecule has 0 fully saturated rings. The maximum absolute atomic E-state index is 11.9. The number of rotatable bonds is 6. The molecule has 104 valence electrons. The molecule has 0 unspecified atom stereocenters. The van der Waals surface area contributed by atoms with E-state index >= 15 is 0 Å². The fourth-order valence-corrected chi connectivity index (χ4v) is 2.24. The molecule has 0 radical (unpaired) electrons. The van der Waals surface area contributed by atoms with Gasteiger partial charge in [-0.3, -0.25) is 0 Å². The minimum absolute atomic E-state index is 0.133. The van der Waals surface area contributed by atoms with Crippen molar-refractivity contribution in [3.05, 3.63) is 12.0 Å². The first-order valence-corrected chi connectivity index (χ1v) is 6.83. The number of halogens is 3. The first-order chi connectivity index (χ1) is 8.24. The summed E-state index contributed by atoms with van der Waals surface area (Å²) >= 11 is 0. The zero-order chi connectivity index (χ0) is 13.8. The molecule has 0 aromatic carbocycles. The lowest BCUT2D eigenvalue weighted by molar-refractivity contribution is -0.135. The van der Waals surface area contributed by atoms with E-state index in [0.29, 0.717) is 12.2 Å². The number of aromatic nitrogens is 2. The van der Waals surface area contributed by atoms with E-state index in [1.807, 2.05) is 0 Å². The van der Waals surface area contributed by atoms with Gasteiger partial charge in [0.15, 0.2) is 5.03 Å². The monoisotopic (exact) mass is 285 g/mol. The van der Waals surface area contributed by atoms with Crippen molar-refractivity contribution in [2.75, 3.05) is 6.54 Å². The van der Waals surface area contributed by atoms with Gasteiger partial charge in [0, 0.05) is 19.4 Å². The fourth-order valence-electron chi connectivity index (χ4n) is 1.23. The number of hydrogen-bond donors (Lipinski definition) is 2. The van der Waals surface area contributed by atoms with Gasteiger partial charge in [-0.1, -0.05) is 6.92 Å². The largest absolute Gasteiger partial charge is 0.389 e. The quantitative estimate of drug-likeness (QED) is 0.779. The van der Waals surface area contributed by atoms with Crippen LogP contribution in [0.2, 0.25) is 0 Å². The molecule has 1 rings (SSSR count). The number of nitrogens with zero attached hydrogens (tertiary/aromatic N) is 1. The minimum Gasteiger partial charge on any atom is -0.332 e. The van der Waals surface area contributed by atoms with E-state index in [-0.39, 0.29) is 18.0 Å². The van der Waals surface area contributed by atoms with Crippen LogP contribution in [0, 0.1) is 0 Å². The fraction of sp³-hybridized carbons (Fsp3) is 0.667. The molecular weight excluding hydrogens is 271 g/mol. The molecule has 0 saturated carbocycles. The predicted octanol–water partition coefficient (Wildman–Crippen LogP) is 1.59. The summed E-state index contributed by atoms with van der Waals surface area (Å²) in [7, 11) is -3.80. The van der Waals surface area contributed by atoms with Crippen LogP contribution in [0.3, 0.4) is 0 Å². The van der Waals surface area contributed by atoms with Crippen LogP contribution in [0.1, 0.15) is 25.6 Å². The summed E-state index contributed by atoms with van der Waals surface area (Å²) in [6.45, 7) is 1.54. The molecule has 0 aliphatic rings. The van der Waals surface area contributed by atoms with Gasteiger partial charge >= 0.3 is 6.18 Å². The number of alkyl halides is 3. The molecule has 18 heavy (non-hydrogen) atoms. The molecule has 1 aromatic heterocycles. The van der Waals surface area contributed by atoms with Crippen molar-refractivity contribution in [1.82, 2.24) is 14.7 Å². The average molecular weight is 285 g/mol. The van der Waals surface area contributed by atoms with Crippen LogP contribution in [0.5, 0.6) is 0 Å². The number of hydrogen-bond acceptors (Lipinski definition) is 3. The second-order valence-corrected chi connectivity index (χ2v) is 5.40. The van der Waals surface area contributed by atoms with E-state index < -0.39 is 22.6 Å². The molecule has 1 heterocycles. The van der Waals surface area contributed by atoms with E-state index in [1.165, 1.54) is 0 Å². The van der Waals surface area contributed by atoms with Crippen molar-refractivity contribution in [2.45, 2.75) is 37.4 Å². The highest BCUT2D eigenvalue weighted by atomic mass is 32.2. The van der Waals surface area contributed by atoms with Crippen LogP contribution in [0.25, 0.3) is 0 Å². The zero-order valence-electron chi connectivity index (χ0n) is 9.71. The van der Waals surface area contributed by atoms with Gasteiger partial charge in [-0.2, -0.15) is 13.2 Å². The number of aromatic amines is 1. The van der Waals surface area contributed by atoms with Gasteiger partial charge in [-0.15, -0.1) is 0 Å². The SMILES string of the molecule is CCc1ncc(S(=O)(=O)NCCCC(F)(F)F)[nH]1. The van der Waals surface area contributed by atoms with Gasteiger partial charge in [0.1, 0.15) is 5.82 Å². The Morgan fingerprint density at radius 3 is 2.61 bits per heavy atom. The summed E-state index contributed by atoms with van der Waals surface area (Å²) in [5, 5.41) is -0.133. The van der Waals surface area contributed by atoms with Crippen LogP contribution in [0.4, 0.5) is 13.2 Å². The number of imidazole rings is 1. The van der Waals surface area contributed by atoms with E-state index in [2.05, 4.69) is 14.7 Å². The Labute approximate surface area is 103 Å². The summed E-state index contributed by atoms with van der Waals surface area (Å²) in [6.07, 6.45) is -3.89. The smallest absolute Gasteiger partial charge is 0.332 e. The Hall–Kier alpha value is -1.09. The molecule has 5 nitrogen and oxygen atoms in total. The van der Waals surface area contributed by atoms with Crippen molar-refractivity contribution in [1.29, 1.82) is 0 Å². The lowest BCUT2D eigenvalue weighted by Crippen LogP contribution is -2.26. The molecule has 0 amide bonds. The van der Waals surface area contributed by atoms with Crippen molar-refractivity contribution in [3.8, 4) is 0 Å². The summed E-state index contributed by atoms with van der Waals surface area (Å²) in [5.74, 6) is 0.505. The predicted molar refractivity (Wildman–Crippen MR) is 58.4 cm³/mol. The Bertz CT molecular complexity index is 481. The molecule has 0 spiro atoms. The first kappa shape index (κ1) is 15.0. The zero-order valence-corrected chi connectivity index (χ0v) is 10.5. The molecule has 1 aromatic rings. The third kappa shape index (κ3) is 4.65. The van der Waals surface area contributed by atoms with Gasteiger partial charge < -0.3 is 4.98 Å². The van der Waals surface area contributed by atoms with Gasteiger partial charge in [0.05, 0.1) is 6.20 Å². The van der Waals surface area contributed by atoms with E-state index in [9.17, 15) is 21.6 Å². The third-order valence-electron chi connectivity index (χ3n) is 2.16. The number of nitrogens with one attached hydrogen (secondary N) is 2. The van der Waals surface area contributed by atoms with Crippen LogP contribution in [-0.2, 0) is 16.4 Å². The highest BCUT2D eigenvalue weighted by Gasteiger charge is 2.26. The normalized spacial score (nSPS) is 12.9. The molecule has 0 atom stereocenters. The Balaban J connectivity index is 2.50. The first-order valence-electron chi connectivity index (χ1n) is 5.35. The maximum Gasteiger partial charge on any atom is 0.389 e. The van der Waals surface area contributed by atoms with Crippen LogP contribution >= 0.6 is 0 Å². The third-order valence-corrected chi connectivity index (χ3v) is 3.53. The summed E-state index contributed by atoms with van der Waals surface area (Å²) in [5.41, 5.74) is 0. The van der Waals surface area contributed by atoms with Gasteiger partial charge in [-0.05, 0) is 6.42 Å².